The Hall–Kier alpha value is -1.10. The predicted molar refractivity (Wildman–Crippen MR) is 78.2 cm³/mol. The molecule has 1 fully saturated rings. The van der Waals surface area contributed by atoms with E-state index in [9.17, 15) is 9.59 Å². The highest BCUT2D eigenvalue weighted by Gasteiger charge is 2.29. The maximum atomic E-state index is 12.0. The minimum absolute atomic E-state index is 0.0700. The third-order valence-electron chi connectivity index (χ3n) is 3.72. The number of hydrogen-bond donors (Lipinski definition) is 2. The quantitative estimate of drug-likeness (QED) is 0.696. The molecule has 0 radical (unpaired) electrons. The molecule has 0 aromatic rings. The van der Waals surface area contributed by atoms with Gasteiger partial charge in [0, 0.05) is 38.1 Å². The van der Waals surface area contributed by atoms with Crippen LogP contribution >= 0.6 is 0 Å². The van der Waals surface area contributed by atoms with E-state index in [1.54, 1.807) is 7.11 Å². The Bertz CT molecular complexity index is 310. The van der Waals surface area contributed by atoms with Crippen LogP contribution in [0.4, 0.5) is 0 Å². The highest BCUT2D eigenvalue weighted by Crippen LogP contribution is 2.29. The van der Waals surface area contributed by atoms with Crippen molar-refractivity contribution in [3.63, 3.8) is 0 Å². The van der Waals surface area contributed by atoms with Crippen LogP contribution in [0.2, 0.25) is 0 Å². The van der Waals surface area contributed by atoms with Crippen LogP contribution in [-0.2, 0) is 14.3 Å². The molecule has 0 atom stereocenters. The van der Waals surface area contributed by atoms with Gasteiger partial charge in [0.2, 0.25) is 11.8 Å². The average molecular weight is 284 g/mol. The second-order valence-electron chi connectivity index (χ2n) is 5.85. The Morgan fingerprint density at radius 1 is 1.10 bits per heavy atom. The first-order valence-electron chi connectivity index (χ1n) is 7.61. The van der Waals surface area contributed by atoms with Crippen molar-refractivity contribution in [1.82, 2.24) is 10.6 Å². The summed E-state index contributed by atoms with van der Waals surface area (Å²) in [6, 6.07) is 0.185. The summed E-state index contributed by atoms with van der Waals surface area (Å²) < 4.78 is 4.95. The zero-order chi connectivity index (χ0) is 15.0. The second kappa shape index (κ2) is 8.95. The molecule has 20 heavy (non-hydrogen) atoms. The van der Waals surface area contributed by atoms with Gasteiger partial charge in [-0.15, -0.1) is 0 Å². The van der Waals surface area contributed by atoms with Crippen LogP contribution < -0.4 is 10.6 Å². The smallest absolute Gasteiger partial charge is 0.223 e. The first-order valence-corrected chi connectivity index (χ1v) is 7.61. The van der Waals surface area contributed by atoms with E-state index in [1.807, 2.05) is 13.8 Å². The maximum absolute atomic E-state index is 12.0. The molecule has 0 aliphatic heterocycles. The maximum Gasteiger partial charge on any atom is 0.223 e. The van der Waals surface area contributed by atoms with Gasteiger partial charge in [-0.3, -0.25) is 9.59 Å². The van der Waals surface area contributed by atoms with Crippen LogP contribution in [0, 0.1) is 11.8 Å². The molecule has 0 saturated heterocycles. The Balaban J connectivity index is 2.24. The summed E-state index contributed by atoms with van der Waals surface area (Å²) in [7, 11) is 1.66. The summed E-state index contributed by atoms with van der Waals surface area (Å²) in [5.74, 6) is 0.415. The number of ether oxygens (including phenoxy) is 1. The van der Waals surface area contributed by atoms with Crippen molar-refractivity contribution in [1.29, 1.82) is 0 Å². The Kier molecular flexibility index (Phi) is 7.59. The molecule has 0 spiro atoms. The van der Waals surface area contributed by atoms with Gasteiger partial charge in [0.05, 0.1) is 0 Å². The number of carbonyl (C=O) groups excluding carboxylic acids is 2. The molecule has 1 aliphatic rings. The van der Waals surface area contributed by atoms with Crippen LogP contribution in [0.15, 0.2) is 0 Å². The molecule has 0 unspecified atom stereocenters. The van der Waals surface area contributed by atoms with Crippen LogP contribution in [0.1, 0.15) is 46.0 Å². The van der Waals surface area contributed by atoms with Gasteiger partial charge in [-0.1, -0.05) is 0 Å². The highest BCUT2D eigenvalue weighted by molar-refractivity contribution is 5.81. The summed E-state index contributed by atoms with van der Waals surface area (Å²) in [5, 5.41) is 5.90. The Labute approximate surface area is 121 Å². The van der Waals surface area contributed by atoms with E-state index >= 15 is 0 Å². The molecule has 1 rings (SSSR count). The molecular formula is C15H28N2O3. The lowest BCUT2D eigenvalue weighted by molar-refractivity contribution is -0.130. The number of hydrogen-bond acceptors (Lipinski definition) is 3. The van der Waals surface area contributed by atoms with Crippen LogP contribution in [0.25, 0.3) is 0 Å². The fraction of sp³-hybridized carbons (Fsp3) is 0.867. The van der Waals surface area contributed by atoms with E-state index in [1.165, 1.54) is 0 Å². The second-order valence-corrected chi connectivity index (χ2v) is 5.85. The molecule has 0 aromatic heterocycles. The fourth-order valence-electron chi connectivity index (χ4n) is 2.59. The Morgan fingerprint density at radius 2 is 1.65 bits per heavy atom. The first-order chi connectivity index (χ1) is 9.54. The molecule has 5 heteroatoms. The van der Waals surface area contributed by atoms with Gasteiger partial charge in [0.15, 0.2) is 0 Å². The van der Waals surface area contributed by atoms with Gasteiger partial charge in [-0.25, -0.2) is 0 Å². The molecule has 0 heterocycles. The SMILES string of the molecule is COCCCNC(=O)C1CCC(C(=O)NC(C)C)CC1. The van der Waals surface area contributed by atoms with Crippen molar-refractivity contribution >= 4 is 11.8 Å². The molecular weight excluding hydrogens is 256 g/mol. The largest absolute Gasteiger partial charge is 0.385 e. The molecule has 116 valence electrons. The number of methoxy groups -OCH3 is 1. The third-order valence-corrected chi connectivity index (χ3v) is 3.72. The molecule has 1 aliphatic carbocycles. The summed E-state index contributed by atoms with van der Waals surface area (Å²) in [6.45, 7) is 5.27. The van der Waals surface area contributed by atoms with Crippen molar-refractivity contribution in [2.24, 2.45) is 11.8 Å². The van der Waals surface area contributed by atoms with E-state index in [-0.39, 0.29) is 29.7 Å². The van der Waals surface area contributed by atoms with Gasteiger partial charge in [-0.05, 0) is 46.0 Å². The minimum Gasteiger partial charge on any atom is -0.385 e. The topological polar surface area (TPSA) is 67.4 Å². The monoisotopic (exact) mass is 284 g/mol. The van der Waals surface area contributed by atoms with E-state index in [4.69, 9.17) is 4.74 Å². The predicted octanol–water partition coefficient (Wildman–Crippen LogP) is 1.47. The van der Waals surface area contributed by atoms with Gasteiger partial charge in [-0.2, -0.15) is 0 Å². The summed E-state index contributed by atoms with van der Waals surface area (Å²) in [6.07, 6.45) is 4.09. The van der Waals surface area contributed by atoms with Gasteiger partial charge >= 0.3 is 0 Å². The van der Waals surface area contributed by atoms with Gasteiger partial charge < -0.3 is 15.4 Å². The lowest BCUT2D eigenvalue weighted by atomic mass is 9.81. The molecule has 5 nitrogen and oxygen atoms in total. The van der Waals surface area contributed by atoms with E-state index in [2.05, 4.69) is 10.6 Å². The minimum atomic E-state index is 0.0700. The molecule has 0 aromatic carbocycles. The van der Waals surface area contributed by atoms with Crippen molar-refractivity contribution in [2.45, 2.75) is 52.0 Å². The molecule has 2 N–H and O–H groups in total. The van der Waals surface area contributed by atoms with Crippen LogP contribution in [0.5, 0.6) is 0 Å². The van der Waals surface area contributed by atoms with E-state index < -0.39 is 0 Å². The number of rotatable bonds is 7. The molecule has 0 bridgehead atoms. The van der Waals surface area contributed by atoms with Crippen LogP contribution in [0.3, 0.4) is 0 Å². The summed E-state index contributed by atoms with van der Waals surface area (Å²) in [4.78, 5) is 23.9. The number of carbonyl (C=O) groups is 2. The van der Waals surface area contributed by atoms with E-state index in [0.717, 1.165) is 32.1 Å². The van der Waals surface area contributed by atoms with Crippen molar-refractivity contribution < 1.29 is 14.3 Å². The lowest BCUT2D eigenvalue weighted by Crippen LogP contribution is -2.39. The zero-order valence-electron chi connectivity index (χ0n) is 12.9. The molecule has 1 saturated carbocycles. The van der Waals surface area contributed by atoms with Crippen molar-refractivity contribution in [3.8, 4) is 0 Å². The van der Waals surface area contributed by atoms with E-state index in [0.29, 0.717) is 13.2 Å². The average Bonchev–Trinajstić information content (AvgIpc) is 2.43. The third kappa shape index (κ3) is 5.90. The zero-order valence-corrected chi connectivity index (χ0v) is 12.9. The van der Waals surface area contributed by atoms with Crippen LogP contribution in [-0.4, -0.2) is 38.1 Å². The highest BCUT2D eigenvalue weighted by atomic mass is 16.5. The lowest BCUT2D eigenvalue weighted by Gasteiger charge is -2.27. The fourth-order valence-corrected chi connectivity index (χ4v) is 2.59. The number of amides is 2. The number of nitrogens with one attached hydrogen (secondary N) is 2. The molecule has 2 amide bonds. The van der Waals surface area contributed by atoms with Crippen molar-refractivity contribution in [2.75, 3.05) is 20.3 Å². The van der Waals surface area contributed by atoms with Crippen molar-refractivity contribution in [3.05, 3.63) is 0 Å². The standard InChI is InChI=1S/C15H28N2O3/c1-11(2)17-15(19)13-7-5-12(6-8-13)14(18)16-9-4-10-20-3/h11-13H,4-10H2,1-3H3,(H,16,18)(H,17,19). The van der Waals surface area contributed by atoms with Gasteiger partial charge in [0.25, 0.3) is 0 Å². The summed E-state index contributed by atoms with van der Waals surface area (Å²) in [5.41, 5.74) is 0. The summed E-state index contributed by atoms with van der Waals surface area (Å²) >= 11 is 0. The van der Waals surface area contributed by atoms with Gasteiger partial charge in [0.1, 0.15) is 0 Å². The first kappa shape index (κ1) is 17.0. The Morgan fingerprint density at radius 3 is 2.15 bits per heavy atom. The normalized spacial score (nSPS) is 22.6.